The van der Waals surface area contributed by atoms with Crippen LogP contribution in [0.15, 0.2) is 36.7 Å². The van der Waals surface area contributed by atoms with Crippen molar-refractivity contribution >= 4 is 35.2 Å². The highest BCUT2D eigenvalue weighted by Crippen LogP contribution is 2.44. The van der Waals surface area contributed by atoms with E-state index in [2.05, 4.69) is 15.0 Å². The van der Waals surface area contributed by atoms with E-state index in [1.807, 2.05) is 5.32 Å². The molecule has 4 rings (SSSR count). The van der Waals surface area contributed by atoms with Crippen molar-refractivity contribution in [2.45, 2.75) is 37.6 Å². The first-order chi connectivity index (χ1) is 16.2. The molecular weight excluding hydrogens is 455 g/mol. The van der Waals surface area contributed by atoms with E-state index in [-0.39, 0.29) is 29.5 Å². The number of carboxylic acid groups (broad SMARTS) is 1. The zero-order valence-corrected chi connectivity index (χ0v) is 17.8. The molecule has 13 nitrogen and oxygen atoms in total. The van der Waals surface area contributed by atoms with Gasteiger partial charge in [0.15, 0.2) is 35.0 Å². The summed E-state index contributed by atoms with van der Waals surface area (Å²) in [6, 6.07) is 8.81. The summed E-state index contributed by atoms with van der Waals surface area (Å²) in [5, 5.41) is 20.8. The van der Waals surface area contributed by atoms with Gasteiger partial charge >= 0.3 is 12.2 Å². The summed E-state index contributed by atoms with van der Waals surface area (Å²) >= 11 is 0. The average molecular weight is 476 g/mol. The molecule has 1 fully saturated rings. The molecule has 1 aliphatic heterocycles. The molecule has 1 aromatic carbocycles. The maximum Gasteiger partial charge on any atom is 0.509 e. The molecule has 1 amide bonds. The summed E-state index contributed by atoms with van der Waals surface area (Å²) < 4.78 is 33.0. The lowest BCUT2D eigenvalue weighted by Crippen LogP contribution is -2.44. The number of rotatable bonds is 6. The van der Waals surface area contributed by atoms with Crippen molar-refractivity contribution in [2.75, 3.05) is 17.7 Å². The van der Waals surface area contributed by atoms with E-state index in [0.29, 0.717) is 5.56 Å². The van der Waals surface area contributed by atoms with E-state index in [4.69, 9.17) is 25.1 Å². The Kier molecular flexibility index (Phi) is 6.17. The van der Waals surface area contributed by atoms with Crippen LogP contribution in [0.4, 0.5) is 25.7 Å². The number of nitrogens with two attached hydrogens (primary N) is 1. The number of hydrogen-bond donors (Lipinski definition) is 4. The summed E-state index contributed by atoms with van der Waals surface area (Å²) in [4.78, 5) is 35.1. The van der Waals surface area contributed by atoms with Gasteiger partial charge in [0.25, 0.3) is 0 Å². The lowest BCUT2D eigenvalue weighted by molar-refractivity contribution is -0.0575. The Morgan fingerprint density at radius 3 is 2.74 bits per heavy atom. The lowest BCUT2D eigenvalue weighted by Gasteiger charge is -2.27. The van der Waals surface area contributed by atoms with Gasteiger partial charge in [-0.15, -0.1) is 0 Å². The third-order valence-electron chi connectivity index (χ3n) is 5.20. The third-order valence-corrected chi connectivity index (χ3v) is 5.20. The van der Waals surface area contributed by atoms with Crippen LogP contribution < -0.4 is 11.1 Å². The Bertz CT molecular complexity index is 1200. The van der Waals surface area contributed by atoms with Crippen molar-refractivity contribution in [1.29, 1.82) is 0 Å². The molecule has 4 atom stereocenters. The number of fused-ring (bicyclic) bond motifs is 1. The molecule has 0 radical (unpaired) electrons. The van der Waals surface area contributed by atoms with Crippen molar-refractivity contribution < 1.29 is 38.4 Å². The number of halogens is 1. The number of aliphatic hydroxyl groups is 1. The molecule has 5 N–H and O–H groups in total. The Hall–Kier alpha value is -4.04. The highest BCUT2D eigenvalue weighted by atomic mass is 19.1. The number of aliphatic hydroxyl groups excluding tert-OH is 1. The number of alkyl halides is 1. The van der Waals surface area contributed by atoms with E-state index in [1.54, 1.807) is 30.3 Å². The SMILES string of the molecule is C[C@@]1(F)[C@H](OC(=O)OCc2ccccc2)[C@@H](CO)O[C@H]1n1cnc2c(NC(=O)O)nc(N)nc21. The minimum atomic E-state index is -2.38. The zero-order chi connectivity index (χ0) is 24.5. The Balaban J connectivity index is 1.58. The number of nitrogens with zero attached hydrogens (tertiary/aromatic N) is 4. The van der Waals surface area contributed by atoms with Gasteiger partial charge in [-0.05, 0) is 12.5 Å². The first-order valence-corrected chi connectivity index (χ1v) is 10.0. The van der Waals surface area contributed by atoms with E-state index in [1.165, 1.54) is 0 Å². The molecular formula is C20H21FN6O7. The normalized spacial score (nSPS) is 24.1. The van der Waals surface area contributed by atoms with Gasteiger partial charge in [0.05, 0.1) is 12.9 Å². The number of nitrogen functional groups attached to an aromatic ring is 1. The highest BCUT2D eigenvalue weighted by Gasteiger charge is 2.58. The van der Waals surface area contributed by atoms with Gasteiger partial charge < -0.3 is 30.2 Å². The lowest BCUT2D eigenvalue weighted by atomic mass is 9.98. The number of amides is 1. The van der Waals surface area contributed by atoms with Crippen molar-refractivity contribution in [1.82, 2.24) is 19.5 Å². The molecule has 0 saturated carbocycles. The van der Waals surface area contributed by atoms with Crippen molar-refractivity contribution in [2.24, 2.45) is 0 Å². The van der Waals surface area contributed by atoms with E-state index in [0.717, 1.165) is 17.8 Å². The van der Waals surface area contributed by atoms with Gasteiger partial charge in [0.1, 0.15) is 12.7 Å². The Morgan fingerprint density at radius 1 is 1.32 bits per heavy atom. The third kappa shape index (κ3) is 4.40. The fourth-order valence-electron chi connectivity index (χ4n) is 3.69. The van der Waals surface area contributed by atoms with E-state index >= 15 is 4.39 Å². The minimum absolute atomic E-state index is 0.0109. The van der Waals surface area contributed by atoms with Crippen LogP contribution in [0.3, 0.4) is 0 Å². The van der Waals surface area contributed by atoms with Gasteiger partial charge in [0, 0.05) is 0 Å². The number of nitrogens with one attached hydrogen (secondary N) is 1. The monoisotopic (exact) mass is 476 g/mol. The number of hydrogen-bond acceptors (Lipinski definition) is 10. The number of benzene rings is 1. The maximum absolute atomic E-state index is 16.0. The fourth-order valence-corrected chi connectivity index (χ4v) is 3.69. The summed E-state index contributed by atoms with van der Waals surface area (Å²) in [7, 11) is 0. The number of aromatic nitrogens is 4. The van der Waals surface area contributed by atoms with Crippen molar-refractivity contribution in [3.63, 3.8) is 0 Å². The standard InChI is InChI=1S/C20H21FN6O7/c1-20(21)13(34-19(31)32-8-10-5-3-2-4-6-10)11(7-28)33-16(20)27-9-23-12-14(25-18(29)30)24-17(22)26-15(12)27/h2-6,9,11,13,16,28H,7-8H2,1H3,(H,29,30)(H3,22,24,25,26)/t11-,13-,16-,20-/m1/s1. The molecule has 1 aliphatic rings. The van der Waals surface area contributed by atoms with Gasteiger partial charge in [0.2, 0.25) is 5.95 Å². The van der Waals surface area contributed by atoms with Crippen LogP contribution >= 0.6 is 0 Å². The smallest absolute Gasteiger partial charge is 0.465 e. The van der Waals surface area contributed by atoms with Crippen LogP contribution in [-0.4, -0.2) is 66.5 Å². The summed E-state index contributed by atoms with van der Waals surface area (Å²) in [5.74, 6) is -0.504. The quantitative estimate of drug-likeness (QED) is 0.381. The highest BCUT2D eigenvalue weighted by molar-refractivity contribution is 5.93. The second-order valence-electron chi connectivity index (χ2n) is 7.61. The predicted molar refractivity (Wildman–Crippen MR) is 113 cm³/mol. The van der Waals surface area contributed by atoms with E-state index in [9.17, 15) is 14.7 Å². The number of carbonyl (C=O) groups excluding carboxylic acids is 1. The second kappa shape index (κ2) is 9.07. The van der Waals surface area contributed by atoms with Crippen LogP contribution in [0.5, 0.6) is 0 Å². The van der Waals surface area contributed by atoms with Crippen molar-refractivity contribution in [3.05, 3.63) is 42.2 Å². The molecule has 3 heterocycles. The average Bonchev–Trinajstić information content (AvgIpc) is 3.31. The first-order valence-electron chi connectivity index (χ1n) is 10.0. The summed E-state index contributed by atoms with van der Waals surface area (Å²) in [5.41, 5.74) is 3.94. The van der Waals surface area contributed by atoms with Crippen LogP contribution in [0.2, 0.25) is 0 Å². The van der Waals surface area contributed by atoms with Gasteiger partial charge in [-0.2, -0.15) is 9.97 Å². The van der Waals surface area contributed by atoms with Crippen LogP contribution in [-0.2, 0) is 20.8 Å². The number of carbonyl (C=O) groups is 2. The molecule has 0 spiro atoms. The largest absolute Gasteiger partial charge is 0.509 e. The molecule has 0 aliphatic carbocycles. The van der Waals surface area contributed by atoms with Gasteiger partial charge in [-0.1, -0.05) is 30.3 Å². The molecule has 34 heavy (non-hydrogen) atoms. The molecule has 3 aromatic rings. The maximum atomic E-state index is 16.0. The number of ether oxygens (including phenoxy) is 3. The topological polar surface area (TPSA) is 184 Å². The molecule has 14 heteroatoms. The molecule has 0 bridgehead atoms. The fraction of sp³-hybridized carbons (Fsp3) is 0.350. The van der Waals surface area contributed by atoms with Crippen LogP contribution in [0.25, 0.3) is 11.2 Å². The molecule has 180 valence electrons. The Morgan fingerprint density at radius 2 is 2.06 bits per heavy atom. The Labute approximate surface area is 191 Å². The molecule has 1 saturated heterocycles. The van der Waals surface area contributed by atoms with Gasteiger partial charge in [-0.25, -0.2) is 19.0 Å². The van der Waals surface area contributed by atoms with Crippen LogP contribution in [0, 0.1) is 0 Å². The summed E-state index contributed by atoms with van der Waals surface area (Å²) in [6.45, 7) is 0.364. The molecule has 0 unspecified atom stereocenters. The number of imidazole rings is 1. The predicted octanol–water partition coefficient (Wildman–Crippen LogP) is 1.84. The minimum Gasteiger partial charge on any atom is -0.465 e. The first kappa shape index (κ1) is 23.1. The molecule has 2 aromatic heterocycles. The van der Waals surface area contributed by atoms with Crippen molar-refractivity contribution in [3.8, 4) is 0 Å². The van der Waals surface area contributed by atoms with E-state index < -0.39 is 43.0 Å². The van der Waals surface area contributed by atoms with Crippen LogP contribution in [0.1, 0.15) is 18.7 Å². The summed E-state index contributed by atoms with van der Waals surface area (Å²) in [6.07, 6.45) is -5.65. The second-order valence-corrected chi connectivity index (χ2v) is 7.61. The number of anilines is 2. The van der Waals surface area contributed by atoms with Gasteiger partial charge in [-0.3, -0.25) is 9.88 Å². The zero-order valence-electron chi connectivity index (χ0n) is 17.8.